The normalized spacial score (nSPS) is 15.0. The summed E-state index contributed by atoms with van der Waals surface area (Å²) in [6.07, 6.45) is 3.07. The van der Waals surface area contributed by atoms with Crippen molar-refractivity contribution in [3.8, 4) is 0 Å². The van der Waals surface area contributed by atoms with E-state index in [1.54, 1.807) is 48.7 Å². The molecule has 1 aliphatic rings. The quantitative estimate of drug-likeness (QED) is 0.585. The number of piperazine rings is 1. The number of halogens is 1. The summed E-state index contributed by atoms with van der Waals surface area (Å²) in [5, 5.41) is 5.76. The lowest BCUT2D eigenvalue weighted by Gasteiger charge is -2.36. The Kier molecular flexibility index (Phi) is 7.18. The Labute approximate surface area is 198 Å². The highest BCUT2D eigenvalue weighted by Gasteiger charge is 2.21. The van der Waals surface area contributed by atoms with Crippen molar-refractivity contribution in [2.24, 2.45) is 0 Å². The zero-order valence-electron chi connectivity index (χ0n) is 19.3. The lowest BCUT2D eigenvalue weighted by atomic mass is 10.0. The summed E-state index contributed by atoms with van der Waals surface area (Å²) in [5.41, 5.74) is 2.98. The van der Waals surface area contributed by atoms with Crippen LogP contribution in [0.3, 0.4) is 0 Å². The molecule has 0 bridgehead atoms. The number of benzene rings is 2. The standard InChI is InChI=1S/C26H28FN5O2/c1-18(23-16-21(27)8-9-24(23)32-13-11-31(2)12-14-32)29-25(33)19-5-3-7-22(15-19)30-26(34)20-6-4-10-28-17-20/h3-10,15-18H,11-14H2,1-2H3,(H,29,33)(H,30,34). The Morgan fingerprint density at radius 2 is 1.74 bits per heavy atom. The van der Waals surface area contributed by atoms with E-state index in [1.165, 1.54) is 18.3 Å². The minimum atomic E-state index is -0.411. The number of nitrogens with zero attached hydrogens (tertiary/aromatic N) is 3. The van der Waals surface area contributed by atoms with Gasteiger partial charge in [-0.25, -0.2) is 4.39 Å². The van der Waals surface area contributed by atoms with Gasteiger partial charge in [-0.1, -0.05) is 6.07 Å². The first-order valence-electron chi connectivity index (χ1n) is 11.3. The Morgan fingerprint density at radius 3 is 2.47 bits per heavy atom. The molecule has 2 N–H and O–H groups in total. The number of nitrogens with one attached hydrogen (secondary N) is 2. The van der Waals surface area contributed by atoms with Crippen LogP contribution in [-0.2, 0) is 0 Å². The van der Waals surface area contributed by atoms with Crippen LogP contribution >= 0.6 is 0 Å². The van der Waals surface area contributed by atoms with Gasteiger partial charge in [-0.05, 0) is 62.5 Å². The molecule has 0 aliphatic carbocycles. The van der Waals surface area contributed by atoms with E-state index < -0.39 is 6.04 Å². The van der Waals surface area contributed by atoms with Gasteiger partial charge in [-0.3, -0.25) is 14.6 Å². The van der Waals surface area contributed by atoms with Crippen molar-refractivity contribution in [1.82, 2.24) is 15.2 Å². The van der Waals surface area contributed by atoms with Gasteiger partial charge in [0.05, 0.1) is 11.6 Å². The summed E-state index contributed by atoms with van der Waals surface area (Å²) in [5.74, 6) is -0.955. The number of carbonyl (C=O) groups excluding carboxylic acids is 2. The first-order chi connectivity index (χ1) is 16.4. The van der Waals surface area contributed by atoms with Crippen LogP contribution in [0.15, 0.2) is 67.0 Å². The molecular weight excluding hydrogens is 433 g/mol. The van der Waals surface area contributed by atoms with E-state index in [2.05, 4.69) is 32.5 Å². The molecule has 3 aromatic rings. The summed E-state index contributed by atoms with van der Waals surface area (Å²) in [4.78, 5) is 33.8. The van der Waals surface area contributed by atoms with Gasteiger partial charge in [0.15, 0.2) is 0 Å². The Balaban J connectivity index is 1.47. The third-order valence-electron chi connectivity index (χ3n) is 5.95. The molecule has 8 heteroatoms. The van der Waals surface area contributed by atoms with Crippen LogP contribution in [0.2, 0.25) is 0 Å². The predicted octanol–water partition coefficient (Wildman–Crippen LogP) is 3.72. The van der Waals surface area contributed by atoms with Crippen LogP contribution in [0.4, 0.5) is 15.8 Å². The second kappa shape index (κ2) is 10.4. The molecule has 2 amide bonds. The van der Waals surface area contributed by atoms with Crippen molar-refractivity contribution in [2.75, 3.05) is 43.4 Å². The Bertz CT molecular complexity index is 1160. The van der Waals surface area contributed by atoms with Gasteiger partial charge in [0.2, 0.25) is 0 Å². The molecule has 34 heavy (non-hydrogen) atoms. The van der Waals surface area contributed by atoms with Crippen molar-refractivity contribution >= 4 is 23.2 Å². The van der Waals surface area contributed by atoms with E-state index in [4.69, 9.17) is 0 Å². The number of anilines is 2. The van der Waals surface area contributed by atoms with Gasteiger partial charge < -0.3 is 20.4 Å². The van der Waals surface area contributed by atoms with Crippen molar-refractivity contribution in [3.63, 3.8) is 0 Å². The monoisotopic (exact) mass is 461 g/mol. The number of rotatable bonds is 6. The largest absolute Gasteiger partial charge is 0.369 e. The third kappa shape index (κ3) is 5.58. The van der Waals surface area contributed by atoms with Crippen LogP contribution in [0.25, 0.3) is 0 Å². The molecule has 1 saturated heterocycles. The molecule has 1 unspecified atom stereocenters. The Hall–Kier alpha value is -3.78. The molecule has 1 aromatic heterocycles. The maximum atomic E-state index is 14.1. The number of pyridine rings is 1. The number of hydrogen-bond acceptors (Lipinski definition) is 5. The summed E-state index contributed by atoms with van der Waals surface area (Å²) in [6, 6.07) is 14.4. The number of likely N-dealkylation sites (N-methyl/N-ethyl adjacent to an activating group) is 1. The molecule has 0 spiro atoms. The molecule has 2 heterocycles. The van der Waals surface area contributed by atoms with Crippen LogP contribution in [-0.4, -0.2) is 54.9 Å². The SMILES string of the molecule is CC(NC(=O)c1cccc(NC(=O)c2cccnc2)c1)c1cc(F)ccc1N1CCN(C)CC1. The Morgan fingerprint density at radius 1 is 0.971 bits per heavy atom. The fourth-order valence-corrected chi connectivity index (χ4v) is 4.00. The van der Waals surface area contributed by atoms with E-state index in [-0.39, 0.29) is 17.6 Å². The summed E-state index contributed by atoms with van der Waals surface area (Å²) >= 11 is 0. The fourth-order valence-electron chi connectivity index (χ4n) is 4.00. The average molecular weight is 462 g/mol. The molecule has 1 fully saturated rings. The minimum absolute atomic E-state index is 0.307. The fraction of sp³-hybridized carbons (Fsp3) is 0.269. The second-order valence-corrected chi connectivity index (χ2v) is 8.47. The van der Waals surface area contributed by atoms with Crippen molar-refractivity contribution in [3.05, 3.63) is 89.5 Å². The summed E-state index contributed by atoms with van der Waals surface area (Å²) < 4.78 is 14.1. The van der Waals surface area contributed by atoms with Crippen molar-refractivity contribution in [1.29, 1.82) is 0 Å². The highest BCUT2D eigenvalue weighted by atomic mass is 19.1. The molecule has 2 aromatic carbocycles. The van der Waals surface area contributed by atoms with E-state index in [9.17, 15) is 14.0 Å². The smallest absolute Gasteiger partial charge is 0.257 e. The molecule has 4 rings (SSSR count). The van der Waals surface area contributed by atoms with Gasteiger partial charge in [-0.15, -0.1) is 0 Å². The molecule has 176 valence electrons. The van der Waals surface area contributed by atoms with E-state index >= 15 is 0 Å². The maximum absolute atomic E-state index is 14.1. The lowest BCUT2D eigenvalue weighted by molar-refractivity contribution is 0.0938. The van der Waals surface area contributed by atoms with E-state index in [1.807, 2.05) is 6.92 Å². The van der Waals surface area contributed by atoms with Gasteiger partial charge in [0, 0.05) is 61.1 Å². The van der Waals surface area contributed by atoms with Crippen molar-refractivity contribution < 1.29 is 14.0 Å². The van der Waals surface area contributed by atoms with Gasteiger partial charge in [0.25, 0.3) is 11.8 Å². The number of hydrogen-bond donors (Lipinski definition) is 2. The predicted molar refractivity (Wildman–Crippen MR) is 131 cm³/mol. The van der Waals surface area contributed by atoms with Gasteiger partial charge >= 0.3 is 0 Å². The highest BCUT2D eigenvalue weighted by molar-refractivity contribution is 6.05. The molecular formula is C26H28FN5O2. The summed E-state index contributed by atoms with van der Waals surface area (Å²) in [6.45, 7) is 5.38. The van der Waals surface area contributed by atoms with Gasteiger partial charge in [-0.2, -0.15) is 0 Å². The third-order valence-corrected chi connectivity index (χ3v) is 5.95. The van der Waals surface area contributed by atoms with E-state index in [0.717, 1.165) is 37.4 Å². The van der Waals surface area contributed by atoms with Crippen LogP contribution < -0.4 is 15.5 Å². The maximum Gasteiger partial charge on any atom is 0.257 e. The zero-order valence-corrected chi connectivity index (χ0v) is 19.3. The molecule has 1 aliphatic heterocycles. The number of aromatic nitrogens is 1. The molecule has 1 atom stereocenters. The van der Waals surface area contributed by atoms with Crippen LogP contribution in [0.1, 0.15) is 39.2 Å². The van der Waals surface area contributed by atoms with Crippen molar-refractivity contribution in [2.45, 2.75) is 13.0 Å². The zero-order chi connectivity index (χ0) is 24.1. The minimum Gasteiger partial charge on any atom is -0.369 e. The van der Waals surface area contributed by atoms with E-state index in [0.29, 0.717) is 16.8 Å². The lowest BCUT2D eigenvalue weighted by Crippen LogP contribution is -2.45. The molecule has 0 saturated carbocycles. The first-order valence-corrected chi connectivity index (χ1v) is 11.3. The molecule has 0 radical (unpaired) electrons. The topological polar surface area (TPSA) is 77.6 Å². The second-order valence-electron chi connectivity index (χ2n) is 8.47. The average Bonchev–Trinajstić information content (AvgIpc) is 2.85. The van der Waals surface area contributed by atoms with Crippen LogP contribution in [0, 0.1) is 5.82 Å². The molecule has 7 nitrogen and oxygen atoms in total. The summed E-state index contributed by atoms with van der Waals surface area (Å²) in [7, 11) is 2.08. The van der Waals surface area contributed by atoms with Crippen LogP contribution in [0.5, 0.6) is 0 Å². The first kappa shape index (κ1) is 23.4. The number of amides is 2. The van der Waals surface area contributed by atoms with Gasteiger partial charge in [0.1, 0.15) is 5.82 Å². The number of carbonyl (C=O) groups is 2. The highest BCUT2D eigenvalue weighted by Crippen LogP contribution is 2.28.